The van der Waals surface area contributed by atoms with E-state index in [4.69, 9.17) is 39.6 Å². The van der Waals surface area contributed by atoms with Crippen LogP contribution < -0.4 is 5.32 Å². The third kappa shape index (κ3) is 14.7. The second kappa shape index (κ2) is 18.5. The molecule has 1 saturated carbocycles. The van der Waals surface area contributed by atoms with Crippen molar-refractivity contribution in [2.45, 2.75) is 45.1 Å². The van der Waals surface area contributed by atoms with Gasteiger partial charge in [0.05, 0.1) is 6.04 Å². The monoisotopic (exact) mass is 549 g/mol. The van der Waals surface area contributed by atoms with Crippen LogP contribution in [0.1, 0.15) is 44.6 Å². The van der Waals surface area contributed by atoms with E-state index in [-0.39, 0.29) is 11.9 Å². The zero-order valence-corrected chi connectivity index (χ0v) is 22.2. The van der Waals surface area contributed by atoms with E-state index >= 15 is 0 Å². The number of amides is 1. The lowest BCUT2D eigenvalue weighted by molar-refractivity contribution is -0.159. The van der Waals surface area contributed by atoms with Crippen LogP contribution in [0.3, 0.4) is 0 Å². The van der Waals surface area contributed by atoms with Crippen molar-refractivity contribution in [3.05, 3.63) is 42.0 Å². The van der Waals surface area contributed by atoms with Crippen molar-refractivity contribution in [2.75, 3.05) is 39.3 Å². The van der Waals surface area contributed by atoms with Crippen molar-refractivity contribution in [2.24, 2.45) is 5.92 Å². The molecule has 0 aromatic heterocycles. The summed E-state index contributed by atoms with van der Waals surface area (Å²) in [5, 5.41) is 32.8. The van der Waals surface area contributed by atoms with Crippen LogP contribution >= 0.6 is 0 Å². The molecule has 39 heavy (non-hydrogen) atoms. The van der Waals surface area contributed by atoms with Crippen LogP contribution in [0.15, 0.2) is 36.4 Å². The van der Waals surface area contributed by atoms with Crippen molar-refractivity contribution in [1.29, 1.82) is 0 Å². The number of aliphatic carboxylic acids is 4. The number of carbonyl (C=O) groups is 5. The fourth-order valence-corrected chi connectivity index (χ4v) is 4.18. The van der Waals surface area contributed by atoms with Gasteiger partial charge in [-0.2, -0.15) is 0 Å². The number of hydrogen-bond donors (Lipinski definition) is 5. The van der Waals surface area contributed by atoms with Gasteiger partial charge < -0.3 is 25.7 Å². The number of carboxylic acid groups (broad SMARTS) is 4. The average Bonchev–Trinajstić information content (AvgIpc) is 2.93. The molecule has 2 fully saturated rings. The molecule has 1 unspecified atom stereocenters. The summed E-state index contributed by atoms with van der Waals surface area (Å²) in [6.07, 6.45) is 11.0. The summed E-state index contributed by atoms with van der Waals surface area (Å²) >= 11 is 0. The van der Waals surface area contributed by atoms with Gasteiger partial charge in [0.15, 0.2) is 0 Å². The molecule has 1 amide bonds. The minimum Gasteiger partial charge on any atom is -0.473 e. The number of piperazine rings is 1. The number of hydrogen-bond acceptors (Lipinski definition) is 7. The molecule has 0 spiro atoms. The van der Waals surface area contributed by atoms with Crippen LogP contribution in [0.25, 0.3) is 6.08 Å². The number of benzene rings is 1. The molecule has 3 rings (SSSR count). The van der Waals surface area contributed by atoms with Gasteiger partial charge in [-0.1, -0.05) is 61.7 Å². The van der Waals surface area contributed by atoms with E-state index in [0.717, 1.165) is 39.3 Å². The third-order valence-electron chi connectivity index (χ3n) is 6.46. The Hall–Kier alpha value is -3.77. The van der Waals surface area contributed by atoms with Crippen molar-refractivity contribution < 1.29 is 44.4 Å². The molecule has 12 heteroatoms. The zero-order valence-electron chi connectivity index (χ0n) is 22.2. The molecule has 5 N–H and O–H groups in total. The number of carboxylic acids is 4. The number of carbonyl (C=O) groups excluding carboxylic acids is 1. The highest BCUT2D eigenvalue weighted by molar-refractivity contribution is 6.27. The maximum Gasteiger partial charge on any atom is 0.414 e. The maximum atomic E-state index is 12.5. The molecular formula is C27H39N3O9. The van der Waals surface area contributed by atoms with Crippen molar-refractivity contribution in [3.8, 4) is 0 Å². The van der Waals surface area contributed by atoms with Gasteiger partial charge in [-0.3, -0.25) is 14.6 Å². The Morgan fingerprint density at radius 2 is 1.36 bits per heavy atom. The molecule has 1 atom stereocenters. The molecule has 0 radical (unpaired) electrons. The largest absolute Gasteiger partial charge is 0.473 e. The van der Waals surface area contributed by atoms with Gasteiger partial charge in [0.1, 0.15) is 0 Å². The van der Waals surface area contributed by atoms with E-state index < -0.39 is 23.9 Å². The highest BCUT2D eigenvalue weighted by Gasteiger charge is 2.25. The Balaban J connectivity index is 0.000000530. The van der Waals surface area contributed by atoms with Gasteiger partial charge >= 0.3 is 23.9 Å². The number of nitrogens with zero attached hydrogens (tertiary/aromatic N) is 2. The smallest absolute Gasteiger partial charge is 0.414 e. The van der Waals surface area contributed by atoms with E-state index in [2.05, 4.69) is 58.5 Å². The topological polar surface area (TPSA) is 185 Å². The first kappa shape index (κ1) is 33.3. The van der Waals surface area contributed by atoms with Crippen molar-refractivity contribution >= 4 is 35.9 Å². The Morgan fingerprint density at radius 1 is 0.846 bits per heavy atom. The molecule has 0 bridgehead atoms. The summed E-state index contributed by atoms with van der Waals surface area (Å²) in [6, 6.07) is 10.4. The molecule has 2 aliphatic rings. The average molecular weight is 550 g/mol. The molecule has 1 aromatic carbocycles. The molecule has 1 aliphatic carbocycles. The predicted molar refractivity (Wildman–Crippen MR) is 143 cm³/mol. The molecule has 1 saturated heterocycles. The molecule has 216 valence electrons. The van der Waals surface area contributed by atoms with E-state index in [1.807, 2.05) is 6.07 Å². The highest BCUT2D eigenvalue weighted by atomic mass is 16.4. The third-order valence-corrected chi connectivity index (χ3v) is 6.46. The predicted octanol–water partition coefficient (Wildman–Crippen LogP) is 1.71. The minimum atomic E-state index is -1.82. The SMILES string of the molecule is CC(C(=O)NCC1CCCCC1)N1CCN(CC=Cc2ccccc2)CC1.O=C(O)C(=O)O.O=C(O)C(=O)O. The van der Waals surface area contributed by atoms with Gasteiger partial charge in [0.2, 0.25) is 5.91 Å². The van der Waals surface area contributed by atoms with Gasteiger partial charge in [-0.15, -0.1) is 0 Å². The van der Waals surface area contributed by atoms with Crippen LogP contribution in [0, 0.1) is 5.92 Å². The van der Waals surface area contributed by atoms with Gasteiger partial charge in [-0.05, 0) is 31.2 Å². The fourth-order valence-electron chi connectivity index (χ4n) is 4.18. The summed E-state index contributed by atoms with van der Waals surface area (Å²) in [5.74, 6) is -6.39. The number of rotatable bonds is 7. The highest BCUT2D eigenvalue weighted by Crippen LogP contribution is 2.22. The lowest BCUT2D eigenvalue weighted by Crippen LogP contribution is -2.54. The van der Waals surface area contributed by atoms with E-state index in [1.54, 1.807) is 0 Å². The fraction of sp³-hybridized carbons (Fsp3) is 0.519. The Morgan fingerprint density at radius 3 is 1.85 bits per heavy atom. The summed E-state index contributed by atoms with van der Waals surface area (Å²) in [7, 11) is 0. The van der Waals surface area contributed by atoms with Crippen molar-refractivity contribution in [3.63, 3.8) is 0 Å². The van der Waals surface area contributed by atoms with Crippen LogP contribution in [0.4, 0.5) is 0 Å². The first-order chi connectivity index (χ1) is 18.5. The van der Waals surface area contributed by atoms with E-state index in [9.17, 15) is 4.79 Å². The Bertz CT molecular complexity index is 907. The zero-order chi connectivity index (χ0) is 29.2. The summed E-state index contributed by atoms with van der Waals surface area (Å²) < 4.78 is 0. The molecule has 1 aliphatic heterocycles. The lowest BCUT2D eigenvalue weighted by Gasteiger charge is -2.37. The standard InChI is InChI=1S/C23H35N3O.2C2H2O4/c1-20(23(27)24-19-22-11-6-3-7-12-22)26-17-15-25(16-18-26)14-8-13-21-9-4-2-5-10-21;2*3-1(4)2(5)6/h2,4-5,8-10,13,20,22H,3,6-7,11-12,14-19H2,1H3,(H,24,27);2*(H,3,4)(H,5,6). The Labute approximate surface area is 227 Å². The lowest BCUT2D eigenvalue weighted by atomic mass is 9.89. The van der Waals surface area contributed by atoms with Crippen LogP contribution in [-0.4, -0.2) is 105 Å². The van der Waals surface area contributed by atoms with Crippen molar-refractivity contribution in [1.82, 2.24) is 15.1 Å². The first-order valence-electron chi connectivity index (χ1n) is 12.9. The summed E-state index contributed by atoms with van der Waals surface area (Å²) in [4.78, 5) is 53.7. The van der Waals surface area contributed by atoms with Gasteiger partial charge in [0, 0.05) is 39.3 Å². The second-order valence-electron chi connectivity index (χ2n) is 9.30. The van der Waals surface area contributed by atoms with Crippen LogP contribution in [0.2, 0.25) is 0 Å². The normalized spacial score (nSPS) is 17.1. The van der Waals surface area contributed by atoms with E-state index in [0.29, 0.717) is 5.92 Å². The molecule has 1 heterocycles. The Kier molecular flexibility index (Phi) is 15.8. The van der Waals surface area contributed by atoms with Crippen LogP contribution in [0.5, 0.6) is 0 Å². The number of nitrogens with one attached hydrogen (secondary N) is 1. The first-order valence-corrected chi connectivity index (χ1v) is 12.9. The summed E-state index contributed by atoms with van der Waals surface area (Å²) in [6.45, 7) is 7.90. The second-order valence-corrected chi connectivity index (χ2v) is 9.30. The summed E-state index contributed by atoms with van der Waals surface area (Å²) in [5.41, 5.74) is 1.25. The molecular weight excluding hydrogens is 510 g/mol. The van der Waals surface area contributed by atoms with Gasteiger partial charge in [0.25, 0.3) is 0 Å². The molecule has 12 nitrogen and oxygen atoms in total. The minimum absolute atomic E-state index is 0.0180. The van der Waals surface area contributed by atoms with E-state index in [1.165, 1.54) is 37.7 Å². The molecule has 1 aromatic rings. The van der Waals surface area contributed by atoms with Crippen LogP contribution in [-0.2, 0) is 24.0 Å². The quantitative estimate of drug-likeness (QED) is 0.312. The van der Waals surface area contributed by atoms with Gasteiger partial charge in [-0.25, -0.2) is 19.2 Å². The maximum absolute atomic E-state index is 12.5.